The molecule has 0 spiro atoms. The van der Waals surface area contributed by atoms with Crippen molar-refractivity contribution in [2.45, 2.75) is 20.8 Å². The molecule has 1 aromatic heterocycles. The summed E-state index contributed by atoms with van der Waals surface area (Å²) in [6, 6.07) is 16.0. The molecule has 1 N–H and O–H groups in total. The summed E-state index contributed by atoms with van der Waals surface area (Å²) >= 11 is 0. The van der Waals surface area contributed by atoms with Gasteiger partial charge in [0.05, 0.1) is 24.4 Å². The van der Waals surface area contributed by atoms with Gasteiger partial charge < -0.3 is 27.2 Å². The number of halogens is 1. The molecule has 0 atom stereocenters. The number of nitrogens with zero attached hydrogens (tertiary/aromatic N) is 1. The van der Waals surface area contributed by atoms with Crippen molar-refractivity contribution in [1.29, 1.82) is 0 Å². The summed E-state index contributed by atoms with van der Waals surface area (Å²) in [5, 5.41) is 4.52. The Labute approximate surface area is 154 Å². The monoisotopic (exact) mass is 357 g/mol. The van der Waals surface area contributed by atoms with Crippen molar-refractivity contribution >= 4 is 22.3 Å². The Hall–Kier alpha value is -2.46. The standard InChI is InChI=1S/C20H22N2O2.ClH/c1-4-23-15-10-11-17-16(13-15)19(12-14(3)21-17)22-18-8-6-7-9-20(18)24-5-2;/h6-13H,4-5H2,1-3H3,(H,21,22);1H/p-1. The lowest BCUT2D eigenvalue weighted by atomic mass is 10.1. The zero-order valence-electron chi connectivity index (χ0n) is 14.7. The zero-order valence-corrected chi connectivity index (χ0v) is 15.4. The maximum Gasteiger partial charge on any atom is 0.142 e. The van der Waals surface area contributed by atoms with Crippen LogP contribution in [-0.4, -0.2) is 18.2 Å². The van der Waals surface area contributed by atoms with Crippen molar-refractivity contribution < 1.29 is 21.9 Å². The number of ether oxygens (including phenoxy) is 2. The average Bonchev–Trinajstić information content (AvgIpc) is 2.57. The third kappa shape index (κ3) is 4.34. The Morgan fingerprint density at radius 1 is 0.920 bits per heavy atom. The van der Waals surface area contributed by atoms with Crippen molar-refractivity contribution in [3.05, 3.63) is 54.2 Å². The van der Waals surface area contributed by atoms with Crippen LogP contribution in [0.5, 0.6) is 11.5 Å². The van der Waals surface area contributed by atoms with Gasteiger partial charge in [0.2, 0.25) is 0 Å². The van der Waals surface area contributed by atoms with Crippen LogP contribution in [0.1, 0.15) is 19.5 Å². The smallest absolute Gasteiger partial charge is 0.142 e. The number of fused-ring (bicyclic) bond motifs is 1. The molecule has 0 unspecified atom stereocenters. The highest BCUT2D eigenvalue weighted by molar-refractivity contribution is 5.94. The molecule has 5 heteroatoms. The van der Waals surface area contributed by atoms with Gasteiger partial charge in [0, 0.05) is 16.8 Å². The van der Waals surface area contributed by atoms with E-state index in [1.54, 1.807) is 0 Å². The number of rotatable bonds is 6. The zero-order chi connectivity index (χ0) is 16.9. The van der Waals surface area contributed by atoms with Crippen molar-refractivity contribution in [3.63, 3.8) is 0 Å². The van der Waals surface area contributed by atoms with E-state index in [2.05, 4.69) is 10.3 Å². The molecule has 0 saturated carbocycles. The molecular formula is C20H22ClN2O2-. The highest BCUT2D eigenvalue weighted by Gasteiger charge is 2.09. The van der Waals surface area contributed by atoms with Gasteiger partial charge in [-0.05, 0) is 57.2 Å². The number of benzene rings is 2. The SMILES string of the molecule is CCOc1ccc2nc(C)cc(Nc3ccccc3OCC)c2c1.[Cl-]. The van der Waals surface area contributed by atoms with Crippen molar-refractivity contribution in [3.8, 4) is 11.5 Å². The van der Waals surface area contributed by atoms with Crippen LogP contribution < -0.4 is 27.2 Å². The van der Waals surface area contributed by atoms with E-state index in [-0.39, 0.29) is 12.4 Å². The van der Waals surface area contributed by atoms with Crippen LogP contribution in [0.4, 0.5) is 11.4 Å². The molecule has 2 aromatic carbocycles. The minimum absolute atomic E-state index is 0. The van der Waals surface area contributed by atoms with Gasteiger partial charge in [0.15, 0.2) is 0 Å². The predicted molar refractivity (Wildman–Crippen MR) is 98.5 cm³/mol. The second kappa shape index (κ2) is 8.58. The summed E-state index contributed by atoms with van der Waals surface area (Å²) in [6.07, 6.45) is 0. The highest BCUT2D eigenvalue weighted by Crippen LogP contribution is 2.33. The van der Waals surface area contributed by atoms with E-state index in [0.717, 1.165) is 39.5 Å². The largest absolute Gasteiger partial charge is 1.00 e. The first kappa shape index (κ1) is 18.9. The van der Waals surface area contributed by atoms with Crippen LogP contribution in [0, 0.1) is 6.92 Å². The van der Waals surface area contributed by atoms with E-state index in [1.165, 1.54) is 0 Å². The van der Waals surface area contributed by atoms with Gasteiger partial charge >= 0.3 is 0 Å². The van der Waals surface area contributed by atoms with E-state index < -0.39 is 0 Å². The molecule has 0 aliphatic heterocycles. The fourth-order valence-corrected chi connectivity index (χ4v) is 2.69. The van der Waals surface area contributed by atoms with Gasteiger partial charge in [0.1, 0.15) is 11.5 Å². The van der Waals surface area contributed by atoms with Gasteiger partial charge in [0.25, 0.3) is 0 Å². The molecule has 132 valence electrons. The van der Waals surface area contributed by atoms with E-state index in [1.807, 2.05) is 69.3 Å². The third-order valence-electron chi connectivity index (χ3n) is 3.68. The Kier molecular flexibility index (Phi) is 6.48. The highest BCUT2D eigenvalue weighted by atomic mass is 35.5. The van der Waals surface area contributed by atoms with Crippen LogP contribution in [-0.2, 0) is 0 Å². The second-order valence-electron chi connectivity index (χ2n) is 5.48. The van der Waals surface area contributed by atoms with E-state index in [9.17, 15) is 0 Å². The molecule has 4 nitrogen and oxygen atoms in total. The molecule has 0 radical (unpaired) electrons. The lowest BCUT2D eigenvalue weighted by Gasteiger charge is -2.15. The average molecular weight is 358 g/mol. The minimum atomic E-state index is 0. The molecule has 0 bridgehead atoms. The quantitative estimate of drug-likeness (QED) is 0.733. The first-order valence-corrected chi connectivity index (χ1v) is 8.24. The van der Waals surface area contributed by atoms with Gasteiger partial charge in [-0.25, -0.2) is 0 Å². The predicted octanol–water partition coefficient (Wildman–Crippen LogP) is 2.09. The summed E-state index contributed by atoms with van der Waals surface area (Å²) in [6.45, 7) is 7.23. The van der Waals surface area contributed by atoms with Crippen LogP contribution in [0.3, 0.4) is 0 Å². The molecule has 25 heavy (non-hydrogen) atoms. The Bertz CT molecular complexity index is 852. The van der Waals surface area contributed by atoms with Crippen LogP contribution in [0.2, 0.25) is 0 Å². The number of pyridine rings is 1. The van der Waals surface area contributed by atoms with E-state index in [4.69, 9.17) is 9.47 Å². The molecule has 0 fully saturated rings. The first-order valence-electron chi connectivity index (χ1n) is 8.24. The summed E-state index contributed by atoms with van der Waals surface area (Å²) in [5.41, 5.74) is 3.83. The molecular weight excluding hydrogens is 336 g/mol. The number of hydrogen-bond acceptors (Lipinski definition) is 4. The fourth-order valence-electron chi connectivity index (χ4n) is 2.69. The van der Waals surface area contributed by atoms with Gasteiger partial charge in [-0.1, -0.05) is 12.1 Å². The lowest BCUT2D eigenvalue weighted by Crippen LogP contribution is -3.00. The minimum Gasteiger partial charge on any atom is -1.00 e. The first-order chi connectivity index (χ1) is 11.7. The van der Waals surface area contributed by atoms with Gasteiger partial charge in [-0.2, -0.15) is 0 Å². The normalized spacial score (nSPS) is 10.2. The number of nitrogens with one attached hydrogen (secondary N) is 1. The summed E-state index contributed by atoms with van der Waals surface area (Å²) in [5.74, 6) is 1.68. The fraction of sp³-hybridized carbons (Fsp3) is 0.250. The van der Waals surface area contributed by atoms with Crippen LogP contribution >= 0.6 is 0 Å². The number of para-hydroxylation sites is 2. The molecule has 3 aromatic rings. The maximum absolute atomic E-state index is 5.71. The number of aryl methyl sites for hydroxylation is 1. The summed E-state index contributed by atoms with van der Waals surface area (Å²) in [7, 11) is 0. The molecule has 0 amide bonds. The second-order valence-corrected chi connectivity index (χ2v) is 5.48. The molecule has 3 rings (SSSR count). The van der Waals surface area contributed by atoms with E-state index in [0.29, 0.717) is 13.2 Å². The summed E-state index contributed by atoms with van der Waals surface area (Å²) in [4.78, 5) is 4.61. The maximum atomic E-state index is 5.71. The topological polar surface area (TPSA) is 43.4 Å². The lowest BCUT2D eigenvalue weighted by molar-refractivity contribution is -0.00000606. The summed E-state index contributed by atoms with van der Waals surface area (Å²) < 4.78 is 11.3. The van der Waals surface area contributed by atoms with Gasteiger partial charge in [-0.15, -0.1) is 0 Å². The molecule has 0 saturated heterocycles. The Balaban J connectivity index is 0.00000225. The van der Waals surface area contributed by atoms with Crippen LogP contribution in [0.25, 0.3) is 10.9 Å². The van der Waals surface area contributed by atoms with Crippen molar-refractivity contribution in [2.75, 3.05) is 18.5 Å². The molecule has 0 aliphatic rings. The number of aromatic nitrogens is 1. The Morgan fingerprint density at radius 3 is 2.44 bits per heavy atom. The van der Waals surface area contributed by atoms with Crippen molar-refractivity contribution in [2.24, 2.45) is 0 Å². The van der Waals surface area contributed by atoms with Crippen LogP contribution in [0.15, 0.2) is 48.5 Å². The Morgan fingerprint density at radius 2 is 1.68 bits per heavy atom. The molecule has 0 aliphatic carbocycles. The van der Waals surface area contributed by atoms with Crippen molar-refractivity contribution in [1.82, 2.24) is 4.98 Å². The molecule has 1 heterocycles. The number of hydrogen-bond donors (Lipinski definition) is 1. The van der Waals surface area contributed by atoms with Gasteiger partial charge in [-0.3, -0.25) is 4.98 Å². The van der Waals surface area contributed by atoms with E-state index >= 15 is 0 Å². The number of anilines is 2. The third-order valence-corrected chi connectivity index (χ3v) is 3.68.